The number of sulfonamides is 1. The fourth-order valence-corrected chi connectivity index (χ4v) is 5.84. The van der Waals surface area contributed by atoms with Gasteiger partial charge in [-0.3, -0.25) is 13.9 Å². The van der Waals surface area contributed by atoms with E-state index in [4.69, 9.17) is 14.2 Å². The lowest BCUT2D eigenvalue weighted by Gasteiger charge is -2.31. The van der Waals surface area contributed by atoms with E-state index >= 15 is 0 Å². The summed E-state index contributed by atoms with van der Waals surface area (Å²) in [7, 11) is -0.542. The second kappa shape index (κ2) is 14.1. The maximum absolute atomic E-state index is 13.8. The molecule has 0 fully saturated rings. The van der Waals surface area contributed by atoms with Crippen LogP contribution in [0.3, 0.4) is 0 Å². The average molecular weight is 596 g/mol. The van der Waals surface area contributed by atoms with Gasteiger partial charge in [-0.25, -0.2) is 8.42 Å². The Morgan fingerprint density at radius 2 is 1.67 bits per heavy atom. The molecule has 0 saturated heterocycles. The molecule has 2 amide bonds. The average Bonchev–Trinajstić information content (AvgIpc) is 3.00. The van der Waals surface area contributed by atoms with Crippen molar-refractivity contribution in [1.82, 2.24) is 10.2 Å². The quantitative estimate of drug-likeness (QED) is 0.322. The third kappa shape index (κ3) is 7.94. The summed E-state index contributed by atoms with van der Waals surface area (Å²) in [6.07, 6.45) is 1.72. The fourth-order valence-electron chi connectivity index (χ4n) is 4.88. The first-order valence-corrected chi connectivity index (χ1v) is 15.6. The van der Waals surface area contributed by atoms with Gasteiger partial charge in [0.15, 0.2) is 11.5 Å². The summed E-state index contributed by atoms with van der Waals surface area (Å²) in [5.41, 5.74) is 2.14. The summed E-state index contributed by atoms with van der Waals surface area (Å²) in [6.45, 7) is 1.06. The van der Waals surface area contributed by atoms with Gasteiger partial charge in [0.05, 0.1) is 19.1 Å². The number of hydrogen-bond donors (Lipinski definition) is 1. The molecule has 42 heavy (non-hydrogen) atoms. The van der Waals surface area contributed by atoms with Crippen molar-refractivity contribution in [2.45, 2.75) is 31.8 Å². The largest absolute Gasteiger partial charge is 0.497 e. The van der Waals surface area contributed by atoms with E-state index in [0.717, 1.165) is 17.4 Å². The number of carbonyl (C=O) groups is 2. The van der Waals surface area contributed by atoms with Crippen LogP contribution in [0.15, 0.2) is 72.8 Å². The minimum atomic E-state index is -3.66. The van der Waals surface area contributed by atoms with Crippen LogP contribution in [0, 0.1) is 0 Å². The molecule has 3 aromatic rings. The fraction of sp³-hybridized carbons (Fsp3) is 0.355. The standard InChI is InChI=1S/C31H37N3O7S/c1-32-31(36)27(20-23-9-5-4-6-10-23)33(22-24-11-7-12-26(19-24)39-2)30(35)13-8-16-34(42(3,37)38)25-14-15-28-29(21-25)41-18-17-40-28/h4-7,9-12,14-15,19,21,27H,8,13,16-18,20,22H2,1-3H3,(H,32,36). The van der Waals surface area contributed by atoms with Crippen LogP contribution in [0.2, 0.25) is 0 Å². The van der Waals surface area contributed by atoms with Gasteiger partial charge in [-0.2, -0.15) is 0 Å². The number of likely N-dealkylation sites (N-methyl/N-ethyl adjacent to an activating group) is 1. The van der Waals surface area contributed by atoms with E-state index in [1.54, 1.807) is 37.3 Å². The normalized spacial score (nSPS) is 13.1. The highest BCUT2D eigenvalue weighted by Crippen LogP contribution is 2.35. The number of anilines is 1. The van der Waals surface area contributed by atoms with Gasteiger partial charge in [0, 0.05) is 39.0 Å². The van der Waals surface area contributed by atoms with Crippen molar-refractivity contribution in [3.05, 3.63) is 83.9 Å². The monoisotopic (exact) mass is 595 g/mol. The predicted octanol–water partition coefficient (Wildman–Crippen LogP) is 3.40. The van der Waals surface area contributed by atoms with E-state index < -0.39 is 16.1 Å². The van der Waals surface area contributed by atoms with Crippen LogP contribution in [0.1, 0.15) is 24.0 Å². The summed E-state index contributed by atoms with van der Waals surface area (Å²) >= 11 is 0. The summed E-state index contributed by atoms with van der Waals surface area (Å²) in [6, 6.07) is 21.1. The molecule has 224 valence electrons. The maximum atomic E-state index is 13.8. The van der Waals surface area contributed by atoms with Gasteiger partial charge in [-0.05, 0) is 41.8 Å². The Bertz CT molecular complexity index is 1480. The molecule has 0 saturated carbocycles. The molecule has 0 spiro atoms. The van der Waals surface area contributed by atoms with E-state index in [-0.39, 0.29) is 37.7 Å². The van der Waals surface area contributed by atoms with Gasteiger partial charge in [-0.15, -0.1) is 0 Å². The Morgan fingerprint density at radius 3 is 2.36 bits per heavy atom. The first-order chi connectivity index (χ1) is 20.2. The minimum absolute atomic E-state index is 0.0306. The third-order valence-corrected chi connectivity index (χ3v) is 8.16. The summed E-state index contributed by atoms with van der Waals surface area (Å²) in [4.78, 5) is 28.5. The predicted molar refractivity (Wildman–Crippen MR) is 160 cm³/mol. The molecule has 1 heterocycles. The Morgan fingerprint density at radius 1 is 0.952 bits per heavy atom. The molecular weight excluding hydrogens is 558 g/mol. The second-order valence-corrected chi connectivity index (χ2v) is 11.9. The first kappa shape index (κ1) is 30.7. The zero-order valence-electron chi connectivity index (χ0n) is 24.1. The molecule has 3 aromatic carbocycles. The van der Waals surface area contributed by atoms with Crippen molar-refractivity contribution in [2.75, 3.05) is 44.5 Å². The number of fused-ring (bicyclic) bond motifs is 1. The second-order valence-electron chi connectivity index (χ2n) is 9.96. The van der Waals surface area contributed by atoms with E-state index in [2.05, 4.69) is 5.32 Å². The zero-order valence-corrected chi connectivity index (χ0v) is 24.9. The molecular formula is C31H37N3O7S. The van der Waals surface area contributed by atoms with Gasteiger partial charge in [0.2, 0.25) is 21.8 Å². The highest BCUT2D eigenvalue weighted by atomic mass is 32.2. The van der Waals surface area contributed by atoms with Crippen LogP contribution in [0.5, 0.6) is 17.2 Å². The van der Waals surface area contributed by atoms with Crippen molar-refractivity contribution in [1.29, 1.82) is 0 Å². The van der Waals surface area contributed by atoms with Crippen LogP contribution in [0.4, 0.5) is 5.69 Å². The topological polar surface area (TPSA) is 114 Å². The molecule has 1 unspecified atom stereocenters. The molecule has 10 nitrogen and oxygen atoms in total. The van der Waals surface area contributed by atoms with E-state index in [1.807, 2.05) is 54.6 Å². The van der Waals surface area contributed by atoms with Crippen molar-refractivity contribution in [3.63, 3.8) is 0 Å². The number of methoxy groups -OCH3 is 1. The Balaban J connectivity index is 1.56. The molecule has 0 bridgehead atoms. The molecule has 1 N–H and O–H groups in total. The van der Waals surface area contributed by atoms with Gasteiger partial charge >= 0.3 is 0 Å². The van der Waals surface area contributed by atoms with Gasteiger partial charge in [-0.1, -0.05) is 42.5 Å². The lowest BCUT2D eigenvalue weighted by Crippen LogP contribution is -2.49. The number of hydrogen-bond acceptors (Lipinski definition) is 7. The number of benzene rings is 3. The van der Waals surface area contributed by atoms with Gasteiger partial charge in [0.25, 0.3) is 0 Å². The van der Waals surface area contributed by atoms with E-state index in [0.29, 0.717) is 42.6 Å². The molecule has 0 aliphatic carbocycles. The van der Waals surface area contributed by atoms with Crippen molar-refractivity contribution < 1.29 is 32.2 Å². The van der Waals surface area contributed by atoms with Crippen LogP contribution >= 0.6 is 0 Å². The number of nitrogens with one attached hydrogen (secondary N) is 1. The SMILES string of the molecule is CNC(=O)C(Cc1ccccc1)N(Cc1cccc(OC)c1)C(=O)CCCN(c1ccc2c(c1)OCCO2)S(C)(=O)=O. The van der Waals surface area contributed by atoms with Crippen molar-refractivity contribution >= 4 is 27.5 Å². The molecule has 0 aromatic heterocycles. The van der Waals surface area contributed by atoms with Gasteiger partial charge < -0.3 is 24.4 Å². The number of ether oxygens (including phenoxy) is 3. The first-order valence-electron chi connectivity index (χ1n) is 13.7. The number of amides is 2. The molecule has 1 aliphatic heterocycles. The van der Waals surface area contributed by atoms with Crippen molar-refractivity contribution in [3.8, 4) is 17.2 Å². The summed E-state index contributed by atoms with van der Waals surface area (Å²) in [5.74, 6) is 1.12. The lowest BCUT2D eigenvalue weighted by atomic mass is 10.0. The highest BCUT2D eigenvalue weighted by molar-refractivity contribution is 7.92. The summed E-state index contributed by atoms with van der Waals surface area (Å²) in [5, 5.41) is 2.70. The van der Waals surface area contributed by atoms with Gasteiger partial charge in [0.1, 0.15) is 25.0 Å². The van der Waals surface area contributed by atoms with Crippen LogP contribution in [-0.4, -0.2) is 71.3 Å². The molecule has 4 rings (SSSR count). The number of carbonyl (C=O) groups excluding carboxylic acids is 2. The number of nitrogens with zero attached hydrogens (tertiary/aromatic N) is 2. The van der Waals surface area contributed by atoms with Crippen molar-refractivity contribution in [2.24, 2.45) is 0 Å². The minimum Gasteiger partial charge on any atom is -0.497 e. The Hall–Kier alpha value is -4.25. The maximum Gasteiger partial charge on any atom is 0.242 e. The molecule has 1 aliphatic rings. The lowest BCUT2D eigenvalue weighted by molar-refractivity contribution is -0.141. The Kier molecular flexibility index (Phi) is 10.3. The number of rotatable bonds is 13. The third-order valence-electron chi connectivity index (χ3n) is 6.97. The van der Waals surface area contributed by atoms with Crippen LogP contribution < -0.4 is 23.8 Å². The zero-order chi connectivity index (χ0) is 30.1. The molecule has 1 atom stereocenters. The van der Waals surface area contributed by atoms with Crippen LogP contribution in [-0.2, 0) is 32.6 Å². The van der Waals surface area contributed by atoms with E-state index in [1.165, 1.54) is 4.31 Å². The van der Waals surface area contributed by atoms with E-state index in [9.17, 15) is 18.0 Å². The van der Waals surface area contributed by atoms with Crippen LogP contribution in [0.25, 0.3) is 0 Å². The Labute approximate surface area is 247 Å². The highest BCUT2D eigenvalue weighted by Gasteiger charge is 2.30. The smallest absolute Gasteiger partial charge is 0.242 e. The molecule has 0 radical (unpaired) electrons. The summed E-state index contributed by atoms with van der Waals surface area (Å²) < 4.78 is 43.3. The molecule has 11 heteroatoms.